The van der Waals surface area contributed by atoms with Crippen LogP contribution < -0.4 is 0 Å². The number of fused-ring (bicyclic) bond motifs is 1. The average Bonchev–Trinajstić information content (AvgIpc) is 3.18. The summed E-state index contributed by atoms with van der Waals surface area (Å²) in [4.78, 5) is 11.2. The molecule has 2 heterocycles. The van der Waals surface area contributed by atoms with E-state index in [1.165, 1.54) is 5.56 Å². The van der Waals surface area contributed by atoms with Gasteiger partial charge in [-0.2, -0.15) is 4.98 Å². The van der Waals surface area contributed by atoms with Gasteiger partial charge < -0.3 is 4.98 Å². The van der Waals surface area contributed by atoms with Gasteiger partial charge in [-0.3, -0.25) is 0 Å². The van der Waals surface area contributed by atoms with Crippen molar-refractivity contribution in [2.75, 3.05) is 6.26 Å². The minimum Gasteiger partial charge on any atom is -0.327 e. The Balaban J connectivity index is 1.67. The van der Waals surface area contributed by atoms with Crippen molar-refractivity contribution in [2.45, 2.75) is 23.4 Å². The second kappa shape index (κ2) is 4.64. The third-order valence-electron chi connectivity index (χ3n) is 4.13. The van der Waals surface area contributed by atoms with E-state index in [2.05, 4.69) is 39.2 Å². The minimum atomic E-state index is -3.34. The highest BCUT2D eigenvalue weighted by atomic mass is 32.2. The van der Waals surface area contributed by atoms with Crippen LogP contribution in [0.2, 0.25) is 0 Å². The number of hydrogen-bond acceptors (Lipinski definition) is 4. The van der Waals surface area contributed by atoms with Gasteiger partial charge in [-0.05, 0) is 35.4 Å². The van der Waals surface area contributed by atoms with E-state index in [-0.39, 0.29) is 5.16 Å². The van der Waals surface area contributed by atoms with E-state index in [4.69, 9.17) is 0 Å². The maximum Gasteiger partial charge on any atom is 0.227 e. The van der Waals surface area contributed by atoms with Gasteiger partial charge in [0.05, 0.1) is 5.52 Å². The molecule has 0 saturated heterocycles. The molecule has 1 aromatic carbocycles. The quantitative estimate of drug-likeness (QED) is 0.806. The summed E-state index contributed by atoms with van der Waals surface area (Å²) in [7, 11) is -3.34. The Bertz CT molecular complexity index is 948. The minimum absolute atomic E-state index is 0.0254. The molecule has 0 radical (unpaired) electrons. The molecule has 0 amide bonds. The van der Waals surface area contributed by atoms with Crippen molar-refractivity contribution in [3.63, 3.8) is 0 Å². The molecule has 6 heteroatoms. The second-order valence-electron chi connectivity index (χ2n) is 5.81. The predicted octanol–water partition coefficient (Wildman–Crippen LogP) is 2.63. The van der Waals surface area contributed by atoms with Crippen molar-refractivity contribution >= 4 is 21.0 Å². The van der Waals surface area contributed by atoms with Crippen LogP contribution in [0, 0.1) is 0 Å². The summed E-state index contributed by atoms with van der Waals surface area (Å²) in [5, 5.41) is -0.0254. The zero-order valence-corrected chi connectivity index (χ0v) is 12.8. The van der Waals surface area contributed by atoms with Crippen LogP contribution in [0.4, 0.5) is 0 Å². The Morgan fingerprint density at radius 1 is 1.14 bits per heavy atom. The number of rotatable bonds is 3. The molecule has 4 rings (SSSR count). The Hall–Kier alpha value is -2.21. The Labute approximate surface area is 128 Å². The number of sulfone groups is 1. The van der Waals surface area contributed by atoms with Crippen molar-refractivity contribution < 1.29 is 8.42 Å². The van der Waals surface area contributed by atoms with Crippen molar-refractivity contribution in [2.24, 2.45) is 0 Å². The van der Waals surface area contributed by atoms with Gasteiger partial charge in [0, 0.05) is 12.5 Å². The van der Waals surface area contributed by atoms with E-state index in [0.29, 0.717) is 23.0 Å². The highest BCUT2D eigenvalue weighted by molar-refractivity contribution is 7.90. The van der Waals surface area contributed by atoms with Crippen LogP contribution in [0.25, 0.3) is 11.2 Å². The van der Waals surface area contributed by atoms with Crippen LogP contribution in [-0.4, -0.2) is 29.6 Å². The zero-order valence-electron chi connectivity index (χ0n) is 12.0. The van der Waals surface area contributed by atoms with Gasteiger partial charge in [0.2, 0.25) is 15.0 Å². The number of nitrogens with one attached hydrogen (secondary N) is 1. The van der Waals surface area contributed by atoms with Gasteiger partial charge in [0.25, 0.3) is 0 Å². The van der Waals surface area contributed by atoms with E-state index < -0.39 is 9.84 Å². The summed E-state index contributed by atoms with van der Waals surface area (Å²) in [5.74, 6) is 0.974. The van der Waals surface area contributed by atoms with E-state index >= 15 is 0 Å². The van der Waals surface area contributed by atoms with Crippen molar-refractivity contribution in [3.8, 4) is 0 Å². The van der Waals surface area contributed by atoms with Crippen molar-refractivity contribution in [1.82, 2.24) is 15.0 Å². The maximum atomic E-state index is 11.5. The summed E-state index contributed by atoms with van der Waals surface area (Å²) < 4.78 is 23.1. The number of H-pyrrole nitrogens is 1. The smallest absolute Gasteiger partial charge is 0.227 e. The SMILES string of the molecule is CS(=O)(=O)c1nc2ncc([C@@H]3C[C@H]3c3ccccc3)cc2[nH]1. The predicted molar refractivity (Wildman–Crippen MR) is 83.5 cm³/mol. The molecule has 2 aromatic heterocycles. The lowest BCUT2D eigenvalue weighted by molar-refractivity contribution is 0.595. The number of hydrogen-bond donors (Lipinski definition) is 1. The second-order valence-corrected chi connectivity index (χ2v) is 7.74. The molecule has 0 spiro atoms. The first-order valence-corrected chi connectivity index (χ1v) is 9.02. The Kier molecular flexibility index (Phi) is 2.84. The first kappa shape index (κ1) is 13.5. The molecule has 1 aliphatic carbocycles. The van der Waals surface area contributed by atoms with E-state index in [1.54, 1.807) is 0 Å². The van der Waals surface area contributed by atoms with Crippen LogP contribution in [-0.2, 0) is 9.84 Å². The normalized spacial score (nSPS) is 21.1. The lowest BCUT2D eigenvalue weighted by atomic mass is 10.1. The molecule has 3 aromatic rings. The number of aromatic nitrogens is 3. The lowest BCUT2D eigenvalue weighted by Crippen LogP contribution is -1.98. The highest BCUT2D eigenvalue weighted by Crippen LogP contribution is 2.54. The summed E-state index contributed by atoms with van der Waals surface area (Å²) in [6.07, 6.45) is 4.05. The molecule has 2 atom stereocenters. The zero-order chi connectivity index (χ0) is 15.3. The largest absolute Gasteiger partial charge is 0.327 e. The standard InChI is InChI=1S/C16H15N3O2S/c1-22(20,21)16-18-14-7-11(9-17-15(14)19-16)13-8-12(13)10-5-3-2-4-6-10/h2-7,9,12-13H,8H2,1H3,(H,17,18,19)/t12-,13-/m0/s1. The lowest BCUT2D eigenvalue weighted by Gasteiger charge is -2.01. The van der Waals surface area contributed by atoms with E-state index in [0.717, 1.165) is 18.2 Å². The van der Waals surface area contributed by atoms with Gasteiger partial charge in [-0.25, -0.2) is 13.4 Å². The number of benzene rings is 1. The molecule has 1 fully saturated rings. The highest BCUT2D eigenvalue weighted by Gasteiger charge is 2.39. The summed E-state index contributed by atoms with van der Waals surface area (Å²) in [6.45, 7) is 0. The molecule has 1 saturated carbocycles. The van der Waals surface area contributed by atoms with Gasteiger partial charge >= 0.3 is 0 Å². The molecule has 5 nitrogen and oxygen atoms in total. The average molecular weight is 313 g/mol. The van der Waals surface area contributed by atoms with Crippen LogP contribution in [0.15, 0.2) is 47.8 Å². The first-order chi connectivity index (χ1) is 10.5. The van der Waals surface area contributed by atoms with Gasteiger partial charge in [0.15, 0.2) is 5.65 Å². The fourth-order valence-electron chi connectivity index (χ4n) is 2.90. The van der Waals surface area contributed by atoms with E-state index in [1.807, 2.05) is 18.3 Å². The molecule has 0 aliphatic heterocycles. The van der Waals surface area contributed by atoms with Gasteiger partial charge in [-0.1, -0.05) is 30.3 Å². The monoisotopic (exact) mass is 313 g/mol. The molecule has 1 aliphatic rings. The van der Waals surface area contributed by atoms with Gasteiger partial charge in [0.1, 0.15) is 0 Å². The molecule has 0 bridgehead atoms. The van der Waals surface area contributed by atoms with Crippen LogP contribution >= 0.6 is 0 Å². The summed E-state index contributed by atoms with van der Waals surface area (Å²) in [5.41, 5.74) is 3.59. The molecule has 0 unspecified atom stereocenters. The van der Waals surface area contributed by atoms with Crippen LogP contribution in [0.5, 0.6) is 0 Å². The number of aromatic amines is 1. The molecular weight excluding hydrogens is 298 g/mol. The van der Waals surface area contributed by atoms with Crippen molar-refractivity contribution in [1.29, 1.82) is 0 Å². The van der Waals surface area contributed by atoms with Gasteiger partial charge in [-0.15, -0.1) is 0 Å². The Morgan fingerprint density at radius 3 is 2.59 bits per heavy atom. The number of nitrogens with zero attached hydrogens (tertiary/aromatic N) is 2. The molecule has 112 valence electrons. The maximum absolute atomic E-state index is 11.5. The topological polar surface area (TPSA) is 75.7 Å². The number of pyridine rings is 1. The Morgan fingerprint density at radius 2 is 1.86 bits per heavy atom. The summed E-state index contributed by atoms with van der Waals surface area (Å²) >= 11 is 0. The van der Waals surface area contributed by atoms with Crippen molar-refractivity contribution in [3.05, 3.63) is 53.7 Å². The fraction of sp³-hybridized carbons (Fsp3) is 0.250. The number of imidazole rings is 1. The van der Waals surface area contributed by atoms with Crippen LogP contribution in [0.3, 0.4) is 0 Å². The van der Waals surface area contributed by atoms with E-state index in [9.17, 15) is 8.42 Å². The molecule has 22 heavy (non-hydrogen) atoms. The molecular formula is C16H15N3O2S. The first-order valence-electron chi connectivity index (χ1n) is 7.13. The van der Waals surface area contributed by atoms with Crippen LogP contribution in [0.1, 0.15) is 29.4 Å². The third-order valence-corrected chi connectivity index (χ3v) is 5.03. The summed E-state index contributed by atoms with van der Waals surface area (Å²) in [6, 6.07) is 12.4. The molecule has 1 N–H and O–H groups in total. The fourth-order valence-corrected chi connectivity index (χ4v) is 3.45. The third kappa shape index (κ3) is 2.29.